The van der Waals surface area contributed by atoms with E-state index in [0.29, 0.717) is 23.9 Å². The van der Waals surface area contributed by atoms with E-state index in [9.17, 15) is 4.79 Å². The molecule has 3 N–H and O–H groups in total. The molecule has 0 atom stereocenters. The monoisotopic (exact) mass is 555 g/mol. The molecular weight excluding hydrogens is 526 g/mol. The molecule has 4 aromatic heterocycles. The minimum Gasteiger partial charge on any atom is -0.373 e. The first-order chi connectivity index (χ1) is 20.4. The summed E-state index contributed by atoms with van der Waals surface area (Å²) < 4.78 is 1.80. The van der Waals surface area contributed by atoms with Gasteiger partial charge in [0.15, 0.2) is 5.82 Å². The molecule has 0 saturated heterocycles. The molecule has 2 aromatic carbocycles. The van der Waals surface area contributed by atoms with Crippen LogP contribution in [0.4, 0.5) is 23.3 Å². The number of carbonyl (C=O) groups is 1. The van der Waals surface area contributed by atoms with E-state index in [4.69, 9.17) is 4.98 Å². The second kappa shape index (κ2) is 9.84. The maximum absolute atomic E-state index is 13.8. The number of fused-ring (bicyclic) bond motifs is 2. The van der Waals surface area contributed by atoms with Crippen LogP contribution in [-0.4, -0.2) is 42.7 Å². The molecule has 0 fully saturated rings. The number of rotatable bonds is 6. The van der Waals surface area contributed by atoms with Crippen molar-refractivity contribution in [3.63, 3.8) is 0 Å². The fourth-order valence-electron chi connectivity index (χ4n) is 5.60. The standard InChI is InChI=1S/C32H29N9O/c1-18-15-36-32(37-28-13-19(2)40(4)39-28)38-29(18)24-16-35-30-22(24)8-6-10-26(30)41-17-25-21(7-5-9-23(25)31(41)42)20-11-12-34-27(14-20)33-3/h5-16,35H,17H2,1-4H3,(H,33,34)(H,36,37,38,39). The van der Waals surface area contributed by atoms with Gasteiger partial charge in [-0.05, 0) is 60.4 Å². The fourth-order valence-corrected chi connectivity index (χ4v) is 5.60. The van der Waals surface area contributed by atoms with E-state index in [2.05, 4.69) is 42.8 Å². The smallest absolute Gasteiger partial charge is 0.259 e. The number of benzene rings is 2. The van der Waals surface area contributed by atoms with Gasteiger partial charge in [-0.2, -0.15) is 5.10 Å². The van der Waals surface area contributed by atoms with Gasteiger partial charge >= 0.3 is 0 Å². The fraction of sp³-hybridized carbons (Fsp3) is 0.156. The lowest BCUT2D eigenvalue weighted by atomic mass is 9.97. The molecule has 0 aliphatic carbocycles. The van der Waals surface area contributed by atoms with E-state index < -0.39 is 0 Å². The van der Waals surface area contributed by atoms with Crippen molar-refractivity contribution in [3.8, 4) is 22.4 Å². The number of nitrogens with one attached hydrogen (secondary N) is 3. The molecule has 6 aromatic rings. The number of para-hydroxylation sites is 1. The lowest BCUT2D eigenvalue weighted by Gasteiger charge is -2.17. The predicted octanol–water partition coefficient (Wildman–Crippen LogP) is 5.98. The Balaban J connectivity index is 1.26. The summed E-state index contributed by atoms with van der Waals surface area (Å²) in [4.78, 5) is 32.7. The molecular formula is C32H29N9O. The minimum atomic E-state index is -0.0197. The normalized spacial score (nSPS) is 12.7. The van der Waals surface area contributed by atoms with Crippen LogP contribution in [0.25, 0.3) is 33.3 Å². The topological polar surface area (TPSA) is 117 Å². The Morgan fingerprint density at radius 3 is 2.60 bits per heavy atom. The number of H-pyrrole nitrogens is 1. The summed E-state index contributed by atoms with van der Waals surface area (Å²) in [5.74, 6) is 1.91. The van der Waals surface area contributed by atoms with Crippen LogP contribution in [0.2, 0.25) is 0 Å². The molecule has 7 rings (SSSR count). The van der Waals surface area contributed by atoms with Crippen molar-refractivity contribution in [1.82, 2.24) is 29.7 Å². The molecule has 0 bridgehead atoms. The van der Waals surface area contributed by atoms with Crippen LogP contribution < -0.4 is 15.5 Å². The zero-order valence-electron chi connectivity index (χ0n) is 23.7. The van der Waals surface area contributed by atoms with Gasteiger partial charge in [-0.1, -0.05) is 24.3 Å². The summed E-state index contributed by atoms with van der Waals surface area (Å²) in [6, 6.07) is 17.9. The van der Waals surface area contributed by atoms with Crippen LogP contribution in [0.15, 0.2) is 73.2 Å². The molecule has 0 radical (unpaired) electrons. The molecule has 10 heteroatoms. The lowest BCUT2D eigenvalue weighted by molar-refractivity contribution is 0.0997. The number of amides is 1. The number of aromatic amines is 1. The molecule has 42 heavy (non-hydrogen) atoms. The van der Waals surface area contributed by atoms with Crippen molar-refractivity contribution < 1.29 is 4.79 Å². The summed E-state index contributed by atoms with van der Waals surface area (Å²) in [7, 11) is 3.74. The number of hydrogen-bond acceptors (Lipinski definition) is 7. The maximum atomic E-state index is 13.8. The van der Waals surface area contributed by atoms with E-state index in [1.54, 1.807) is 10.9 Å². The number of hydrogen-bond donors (Lipinski definition) is 3. The average molecular weight is 556 g/mol. The predicted molar refractivity (Wildman–Crippen MR) is 165 cm³/mol. The van der Waals surface area contributed by atoms with E-state index in [0.717, 1.165) is 61.6 Å². The number of anilines is 4. The van der Waals surface area contributed by atoms with E-state index >= 15 is 0 Å². The summed E-state index contributed by atoms with van der Waals surface area (Å²) in [5.41, 5.74) is 9.19. The number of aromatic nitrogens is 6. The first-order valence-electron chi connectivity index (χ1n) is 13.7. The van der Waals surface area contributed by atoms with Gasteiger partial charge < -0.3 is 20.5 Å². The highest BCUT2D eigenvalue weighted by Crippen LogP contribution is 2.40. The third-order valence-electron chi connectivity index (χ3n) is 7.86. The van der Waals surface area contributed by atoms with Crippen molar-refractivity contribution in [3.05, 3.63) is 95.6 Å². The first kappa shape index (κ1) is 25.5. The Morgan fingerprint density at radius 2 is 1.79 bits per heavy atom. The van der Waals surface area contributed by atoms with Gasteiger partial charge in [-0.3, -0.25) is 9.48 Å². The van der Waals surface area contributed by atoms with Gasteiger partial charge in [0.1, 0.15) is 5.82 Å². The number of carbonyl (C=O) groups excluding carboxylic acids is 1. The highest BCUT2D eigenvalue weighted by molar-refractivity contribution is 6.15. The van der Waals surface area contributed by atoms with Crippen LogP contribution in [-0.2, 0) is 13.6 Å². The van der Waals surface area contributed by atoms with Gasteiger partial charge in [0.2, 0.25) is 5.95 Å². The van der Waals surface area contributed by atoms with Gasteiger partial charge in [-0.25, -0.2) is 15.0 Å². The van der Waals surface area contributed by atoms with Gasteiger partial charge in [0, 0.05) is 61.0 Å². The summed E-state index contributed by atoms with van der Waals surface area (Å²) in [6.45, 7) is 4.46. The lowest BCUT2D eigenvalue weighted by Crippen LogP contribution is -2.23. The Kier molecular flexibility index (Phi) is 5.97. The summed E-state index contributed by atoms with van der Waals surface area (Å²) in [5, 5.41) is 11.8. The van der Waals surface area contributed by atoms with Crippen LogP contribution in [0.3, 0.4) is 0 Å². The molecule has 1 aliphatic heterocycles. The van der Waals surface area contributed by atoms with Crippen molar-refractivity contribution in [2.45, 2.75) is 20.4 Å². The number of nitrogens with zero attached hydrogens (tertiary/aromatic N) is 6. The van der Waals surface area contributed by atoms with Gasteiger partial charge in [-0.15, -0.1) is 0 Å². The summed E-state index contributed by atoms with van der Waals surface area (Å²) >= 11 is 0. The van der Waals surface area contributed by atoms with Crippen LogP contribution in [0.5, 0.6) is 0 Å². The summed E-state index contributed by atoms with van der Waals surface area (Å²) in [6.07, 6.45) is 5.54. The van der Waals surface area contributed by atoms with Crippen molar-refractivity contribution >= 4 is 40.1 Å². The highest BCUT2D eigenvalue weighted by atomic mass is 16.2. The second-order valence-electron chi connectivity index (χ2n) is 10.4. The second-order valence-corrected chi connectivity index (χ2v) is 10.4. The third-order valence-corrected chi connectivity index (χ3v) is 7.86. The van der Waals surface area contributed by atoms with Crippen LogP contribution in [0.1, 0.15) is 27.2 Å². The molecule has 208 valence electrons. The first-order valence-corrected chi connectivity index (χ1v) is 13.7. The minimum absolute atomic E-state index is 0.0197. The molecule has 0 saturated carbocycles. The molecule has 0 unspecified atom stereocenters. The molecule has 1 amide bonds. The van der Waals surface area contributed by atoms with Gasteiger partial charge in [0.25, 0.3) is 5.91 Å². The van der Waals surface area contributed by atoms with Crippen LogP contribution >= 0.6 is 0 Å². The maximum Gasteiger partial charge on any atom is 0.259 e. The zero-order valence-corrected chi connectivity index (χ0v) is 23.7. The Bertz CT molecular complexity index is 1990. The van der Waals surface area contributed by atoms with Crippen LogP contribution in [0, 0.1) is 13.8 Å². The SMILES string of the molecule is CNc1cc(-c2cccc3c2CN(c2cccc4c(-c5nc(Nc6cc(C)n(C)n6)ncc5C)c[nH]c24)C3=O)ccn1. The third kappa shape index (κ3) is 4.15. The van der Waals surface area contributed by atoms with Crippen molar-refractivity contribution in [2.24, 2.45) is 7.05 Å². The molecule has 0 spiro atoms. The average Bonchev–Trinajstić information content (AvgIpc) is 3.68. The van der Waals surface area contributed by atoms with E-state index in [1.807, 2.05) is 87.7 Å². The Hall–Kier alpha value is -5.51. The molecule has 1 aliphatic rings. The van der Waals surface area contributed by atoms with Crippen molar-refractivity contribution in [1.29, 1.82) is 0 Å². The molecule has 10 nitrogen and oxygen atoms in total. The Labute approximate surface area is 242 Å². The van der Waals surface area contributed by atoms with E-state index in [-0.39, 0.29) is 5.91 Å². The zero-order chi connectivity index (χ0) is 29.0. The van der Waals surface area contributed by atoms with Gasteiger partial charge in [0.05, 0.1) is 23.4 Å². The van der Waals surface area contributed by atoms with Crippen molar-refractivity contribution in [2.75, 3.05) is 22.6 Å². The number of aryl methyl sites for hydroxylation is 3. The highest BCUT2D eigenvalue weighted by Gasteiger charge is 2.32. The number of pyridine rings is 1. The quantitative estimate of drug-likeness (QED) is 0.231. The Morgan fingerprint density at radius 1 is 0.952 bits per heavy atom. The largest absolute Gasteiger partial charge is 0.373 e. The van der Waals surface area contributed by atoms with E-state index in [1.165, 1.54) is 0 Å². The molecule has 5 heterocycles.